The van der Waals surface area contributed by atoms with E-state index in [0.717, 1.165) is 15.1 Å². The largest absolute Gasteiger partial charge is 0.397 e. The molecule has 1 aromatic heterocycles. The Morgan fingerprint density at radius 3 is 2.88 bits per heavy atom. The normalized spacial score (nSPS) is 10.5. The third-order valence-corrected chi connectivity index (χ3v) is 3.65. The van der Waals surface area contributed by atoms with E-state index in [9.17, 15) is 4.39 Å². The Hall–Kier alpha value is -1.07. The highest BCUT2D eigenvalue weighted by atomic mass is 79.9. The lowest BCUT2D eigenvalue weighted by Gasteiger charge is -2.04. The Morgan fingerprint density at radius 1 is 1.35 bits per heavy atom. The van der Waals surface area contributed by atoms with Gasteiger partial charge in [0.2, 0.25) is 0 Å². The summed E-state index contributed by atoms with van der Waals surface area (Å²) in [5.41, 5.74) is 7.32. The van der Waals surface area contributed by atoms with Crippen molar-refractivity contribution in [1.29, 1.82) is 0 Å². The maximum Gasteiger partial charge on any atom is 0.124 e. The van der Waals surface area contributed by atoms with Crippen LogP contribution >= 0.6 is 27.7 Å². The molecule has 2 nitrogen and oxygen atoms in total. The molecule has 0 saturated heterocycles. The molecule has 0 saturated carbocycles. The minimum atomic E-state index is -0.246. The van der Waals surface area contributed by atoms with Crippen LogP contribution in [0.2, 0.25) is 0 Å². The first kappa shape index (κ1) is 12.4. The number of benzene rings is 1. The number of thioether (sulfide) groups is 1. The maximum absolute atomic E-state index is 13.2. The number of aromatic nitrogens is 1. The van der Waals surface area contributed by atoms with Gasteiger partial charge in [-0.3, -0.25) is 0 Å². The summed E-state index contributed by atoms with van der Waals surface area (Å²) in [6.45, 7) is 0. The molecule has 0 bridgehead atoms. The van der Waals surface area contributed by atoms with Gasteiger partial charge in [-0.15, -0.1) is 0 Å². The van der Waals surface area contributed by atoms with Gasteiger partial charge < -0.3 is 5.73 Å². The Balaban J connectivity index is 2.10. The fraction of sp³-hybridized carbons (Fsp3) is 0.0833. The Morgan fingerprint density at radius 2 is 2.18 bits per heavy atom. The van der Waals surface area contributed by atoms with Gasteiger partial charge in [0.25, 0.3) is 0 Å². The van der Waals surface area contributed by atoms with E-state index in [4.69, 9.17) is 5.73 Å². The molecule has 17 heavy (non-hydrogen) atoms. The average Bonchev–Trinajstić information content (AvgIpc) is 2.27. The zero-order valence-electron chi connectivity index (χ0n) is 8.86. The molecule has 0 radical (unpaired) electrons. The van der Waals surface area contributed by atoms with Gasteiger partial charge in [-0.1, -0.05) is 27.7 Å². The minimum absolute atomic E-state index is 0.246. The van der Waals surface area contributed by atoms with Crippen LogP contribution in [0.25, 0.3) is 0 Å². The number of halogens is 2. The predicted octanol–water partition coefficient (Wildman–Crippen LogP) is 3.86. The van der Waals surface area contributed by atoms with Crippen molar-refractivity contribution in [2.45, 2.75) is 10.8 Å². The van der Waals surface area contributed by atoms with Gasteiger partial charge in [-0.05, 0) is 35.9 Å². The van der Waals surface area contributed by atoms with E-state index in [2.05, 4.69) is 20.9 Å². The molecule has 0 aliphatic rings. The van der Waals surface area contributed by atoms with Gasteiger partial charge >= 0.3 is 0 Å². The lowest BCUT2D eigenvalue weighted by molar-refractivity contribution is 0.625. The van der Waals surface area contributed by atoms with E-state index in [-0.39, 0.29) is 5.82 Å². The summed E-state index contributed by atoms with van der Waals surface area (Å²) in [5.74, 6) is 0.390. The zero-order chi connectivity index (χ0) is 12.3. The molecule has 0 spiro atoms. The second kappa shape index (κ2) is 5.51. The molecule has 0 atom stereocenters. The van der Waals surface area contributed by atoms with Crippen LogP contribution in [0.5, 0.6) is 0 Å². The van der Waals surface area contributed by atoms with Gasteiger partial charge in [0.15, 0.2) is 0 Å². The first-order valence-corrected chi connectivity index (χ1v) is 6.71. The SMILES string of the molecule is Nc1cccnc1SCc1cc(F)cc(Br)c1. The number of hydrogen-bond acceptors (Lipinski definition) is 3. The van der Waals surface area contributed by atoms with Gasteiger partial charge in [-0.25, -0.2) is 9.37 Å². The number of nitrogens with two attached hydrogens (primary N) is 1. The summed E-state index contributed by atoms with van der Waals surface area (Å²) in [5, 5.41) is 0.771. The lowest BCUT2D eigenvalue weighted by atomic mass is 10.2. The van der Waals surface area contributed by atoms with Crippen LogP contribution in [0.15, 0.2) is 46.0 Å². The first-order chi connectivity index (χ1) is 8.15. The summed E-state index contributed by atoms with van der Waals surface area (Å²) < 4.78 is 13.9. The highest BCUT2D eigenvalue weighted by Gasteiger charge is 2.03. The molecule has 1 heterocycles. The molecule has 0 unspecified atom stereocenters. The molecular formula is C12H10BrFN2S. The van der Waals surface area contributed by atoms with Crippen molar-refractivity contribution in [3.63, 3.8) is 0 Å². The van der Waals surface area contributed by atoms with Gasteiger partial charge in [0.1, 0.15) is 10.8 Å². The van der Waals surface area contributed by atoms with Crippen LogP contribution in [0.4, 0.5) is 10.1 Å². The van der Waals surface area contributed by atoms with Crippen LogP contribution < -0.4 is 5.73 Å². The second-order valence-electron chi connectivity index (χ2n) is 3.46. The summed E-state index contributed by atoms with van der Waals surface area (Å²) in [6.07, 6.45) is 1.69. The highest BCUT2D eigenvalue weighted by Crippen LogP contribution is 2.26. The predicted molar refractivity (Wildman–Crippen MR) is 72.3 cm³/mol. The molecule has 0 aliphatic heterocycles. The third-order valence-electron chi connectivity index (χ3n) is 2.10. The quantitative estimate of drug-likeness (QED) is 0.875. The first-order valence-electron chi connectivity index (χ1n) is 4.93. The second-order valence-corrected chi connectivity index (χ2v) is 5.34. The van der Waals surface area contributed by atoms with Crippen LogP contribution in [0.3, 0.4) is 0 Å². The van der Waals surface area contributed by atoms with E-state index in [1.165, 1.54) is 23.9 Å². The highest BCUT2D eigenvalue weighted by molar-refractivity contribution is 9.10. The van der Waals surface area contributed by atoms with E-state index in [1.54, 1.807) is 18.3 Å². The number of nitrogens with zero attached hydrogens (tertiary/aromatic N) is 1. The fourth-order valence-electron chi connectivity index (χ4n) is 1.37. The molecule has 0 fully saturated rings. The number of anilines is 1. The van der Waals surface area contributed by atoms with Crippen LogP contribution in [0.1, 0.15) is 5.56 Å². The fourth-order valence-corrected chi connectivity index (χ4v) is 2.72. The van der Waals surface area contributed by atoms with Crippen molar-refractivity contribution in [3.05, 3.63) is 52.4 Å². The molecule has 0 amide bonds. The van der Waals surface area contributed by atoms with Crippen LogP contribution in [-0.4, -0.2) is 4.98 Å². The summed E-state index contributed by atoms with van der Waals surface area (Å²) in [7, 11) is 0. The third kappa shape index (κ3) is 3.44. The summed E-state index contributed by atoms with van der Waals surface area (Å²) in [6, 6.07) is 8.42. The van der Waals surface area contributed by atoms with Crippen molar-refractivity contribution in [2.24, 2.45) is 0 Å². The Labute approximate surface area is 112 Å². The van der Waals surface area contributed by atoms with Crippen molar-refractivity contribution >= 4 is 33.4 Å². The maximum atomic E-state index is 13.2. The van der Waals surface area contributed by atoms with Crippen molar-refractivity contribution in [1.82, 2.24) is 4.98 Å². The van der Waals surface area contributed by atoms with E-state index in [1.807, 2.05) is 6.07 Å². The molecule has 0 aliphatic carbocycles. The number of rotatable bonds is 3. The molecule has 88 valence electrons. The van der Waals surface area contributed by atoms with E-state index >= 15 is 0 Å². The zero-order valence-corrected chi connectivity index (χ0v) is 11.3. The van der Waals surface area contributed by atoms with Gasteiger partial charge in [0, 0.05) is 16.4 Å². The minimum Gasteiger partial charge on any atom is -0.397 e. The Bertz CT molecular complexity index is 513. The number of hydrogen-bond donors (Lipinski definition) is 1. The van der Waals surface area contributed by atoms with Crippen molar-refractivity contribution in [2.75, 3.05) is 5.73 Å². The van der Waals surface area contributed by atoms with E-state index < -0.39 is 0 Å². The standard InChI is InChI=1S/C12H10BrFN2S/c13-9-4-8(5-10(14)6-9)7-17-12-11(15)2-1-3-16-12/h1-6H,7,15H2. The van der Waals surface area contributed by atoms with Crippen LogP contribution in [-0.2, 0) is 5.75 Å². The molecule has 2 aromatic rings. The molecule has 2 N–H and O–H groups in total. The molecule has 2 rings (SSSR count). The Kier molecular flexibility index (Phi) is 4.02. The summed E-state index contributed by atoms with van der Waals surface area (Å²) in [4.78, 5) is 4.17. The molecule has 1 aromatic carbocycles. The smallest absolute Gasteiger partial charge is 0.124 e. The lowest BCUT2D eigenvalue weighted by Crippen LogP contribution is -1.91. The number of pyridine rings is 1. The molecule has 5 heteroatoms. The van der Waals surface area contributed by atoms with Crippen LogP contribution in [0, 0.1) is 5.82 Å². The van der Waals surface area contributed by atoms with Gasteiger partial charge in [-0.2, -0.15) is 0 Å². The van der Waals surface area contributed by atoms with E-state index in [0.29, 0.717) is 11.4 Å². The summed E-state index contributed by atoms with van der Waals surface area (Å²) >= 11 is 4.76. The number of nitrogen functional groups attached to an aromatic ring is 1. The average molecular weight is 313 g/mol. The molecular weight excluding hydrogens is 303 g/mol. The van der Waals surface area contributed by atoms with Crippen molar-refractivity contribution < 1.29 is 4.39 Å². The van der Waals surface area contributed by atoms with Gasteiger partial charge in [0.05, 0.1) is 5.69 Å². The van der Waals surface area contributed by atoms with Crippen molar-refractivity contribution in [3.8, 4) is 0 Å². The monoisotopic (exact) mass is 312 g/mol. The topological polar surface area (TPSA) is 38.9 Å².